The van der Waals surface area contributed by atoms with E-state index >= 15 is 0 Å². The van der Waals surface area contributed by atoms with Gasteiger partial charge in [-0.05, 0) is 63.5 Å². The van der Waals surface area contributed by atoms with Gasteiger partial charge >= 0.3 is 0 Å². The van der Waals surface area contributed by atoms with Gasteiger partial charge in [-0.25, -0.2) is 8.78 Å². The van der Waals surface area contributed by atoms with E-state index in [0.717, 1.165) is 19.5 Å². The van der Waals surface area contributed by atoms with Crippen molar-refractivity contribution < 1.29 is 8.78 Å². The molecule has 0 spiro atoms. The van der Waals surface area contributed by atoms with Crippen molar-refractivity contribution in [3.05, 3.63) is 35.4 Å². The van der Waals surface area contributed by atoms with Crippen molar-refractivity contribution in [2.45, 2.75) is 31.3 Å². The Kier molecular flexibility index (Phi) is 3.54. The van der Waals surface area contributed by atoms with Crippen LogP contribution in [0.25, 0.3) is 0 Å². The van der Waals surface area contributed by atoms with Crippen molar-refractivity contribution in [1.29, 1.82) is 0 Å². The van der Waals surface area contributed by atoms with E-state index in [1.54, 1.807) is 0 Å². The molecule has 19 heavy (non-hydrogen) atoms. The van der Waals surface area contributed by atoms with Crippen LogP contribution in [0.3, 0.4) is 0 Å². The number of hydrogen-bond acceptors (Lipinski definition) is 2. The fraction of sp³-hybridized carbons (Fsp3) is 0.600. The maximum atomic E-state index is 14.1. The molecule has 1 heterocycles. The van der Waals surface area contributed by atoms with Crippen LogP contribution in [0.15, 0.2) is 18.2 Å². The molecule has 0 radical (unpaired) electrons. The van der Waals surface area contributed by atoms with Crippen LogP contribution in [0.2, 0.25) is 0 Å². The topological polar surface area (TPSA) is 15.3 Å². The van der Waals surface area contributed by atoms with E-state index in [-0.39, 0.29) is 17.7 Å². The Bertz CT molecular complexity index is 459. The molecule has 3 rings (SSSR count). The van der Waals surface area contributed by atoms with E-state index in [9.17, 15) is 8.78 Å². The summed E-state index contributed by atoms with van der Waals surface area (Å²) in [6.07, 6.45) is 3.44. The largest absolute Gasteiger partial charge is 0.319 e. The summed E-state index contributed by atoms with van der Waals surface area (Å²) >= 11 is 0. The maximum Gasteiger partial charge on any atom is 0.128 e. The summed E-state index contributed by atoms with van der Waals surface area (Å²) in [4.78, 5) is 2.37. The Morgan fingerprint density at radius 2 is 2.05 bits per heavy atom. The molecule has 2 nitrogen and oxygen atoms in total. The lowest BCUT2D eigenvalue weighted by atomic mass is 9.93. The number of nitrogens with one attached hydrogen (secondary N) is 1. The lowest BCUT2D eigenvalue weighted by Gasteiger charge is -2.29. The highest BCUT2D eigenvalue weighted by molar-refractivity contribution is 5.25. The quantitative estimate of drug-likeness (QED) is 0.901. The lowest BCUT2D eigenvalue weighted by Crippen LogP contribution is -2.31. The van der Waals surface area contributed by atoms with Gasteiger partial charge in [0.25, 0.3) is 0 Å². The Labute approximate surface area is 112 Å². The van der Waals surface area contributed by atoms with Gasteiger partial charge in [0.05, 0.1) is 0 Å². The van der Waals surface area contributed by atoms with Crippen molar-refractivity contribution in [1.82, 2.24) is 10.2 Å². The molecule has 0 bridgehead atoms. The third-order valence-electron chi connectivity index (χ3n) is 4.32. The first-order chi connectivity index (χ1) is 9.20. The Hall–Kier alpha value is -1.00. The minimum absolute atomic E-state index is 0.0237. The van der Waals surface area contributed by atoms with Crippen LogP contribution in [-0.4, -0.2) is 31.1 Å². The summed E-state index contributed by atoms with van der Waals surface area (Å²) in [7, 11) is 1.92. The molecule has 0 aromatic heterocycles. The standard InChI is InChI=1S/C15H20F2N2/c1-18-9-10-6-7-19(12-3-4-12)15(10)13-8-11(16)2-5-14(13)17/h2,5,8,10,12,15,18H,3-4,6-7,9H2,1H3. The zero-order valence-corrected chi connectivity index (χ0v) is 11.2. The first-order valence-electron chi connectivity index (χ1n) is 7.06. The van der Waals surface area contributed by atoms with Crippen molar-refractivity contribution in [3.63, 3.8) is 0 Å². The van der Waals surface area contributed by atoms with Gasteiger partial charge in [0.2, 0.25) is 0 Å². The molecule has 2 fully saturated rings. The number of rotatable bonds is 4. The van der Waals surface area contributed by atoms with Crippen molar-refractivity contribution in [2.24, 2.45) is 5.92 Å². The van der Waals surface area contributed by atoms with Crippen LogP contribution in [0.5, 0.6) is 0 Å². The number of hydrogen-bond donors (Lipinski definition) is 1. The summed E-state index contributed by atoms with van der Waals surface area (Å²) < 4.78 is 27.5. The molecule has 1 aliphatic carbocycles. The van der Waals surface area contributed by atoms with Gasteiger partial charge in [0.1, 0.15) is 11.6 Å². The van der Waals surface area contributed by atoms with E-state index < -0.39 is 0 Å². The summed E-state index contributed by atoms with van der Waals surface area (Å²) in [5, 5.41) is 3.18. The second-order valence-corrected chi connectivity index (χ2v) is 5.69. The Balaban J connectivity index is 1.93. The third kappa shape index (κ3) is 2.51. The molecule has 1 aliphatic heterocycles. The Morgan fingerprint density at radius 1 is 1.26 bits per heavy atom. The van der Waals surface area contributed by atoms with Gasteiger partial charge in [0.15, 0.2) is 0 Å². The van der Waals surface area contributed by atoms with Gasteiger partial charge in [-0.1, -0.05) is 0 Å². The highest BCUT2D eigenvalue weighted by Gasteiger charge is 2.43. The van der Waals surface area contributed by atoms with Crippen LogP contribution in [0, 0.1) is 17.6 Å². The van der Waals surface area contributed by atoms with E-state index in [0.29, 0.717) is 17.5 Å². The van der Waals surface area contributed by atoms with Gasteiger partial charge in [-0.3, -0.25) is 4.90 Å². The van der Waals surface area contributed by atoms with Gasteiger partial charge < -0.3 is 5.32 Å². The molecule has 104 valence electrons. The predicted octanol–water partition coefficient (Wildman–Crippen LogP) is 2.71. The van der Waals surface area contributed by atoms with Crippen molar-refractivity contribution >= 4 is 0 Å². The number of likely N-dealkylation sites (tertiary alicyclic amines) is 1. The summed E-state index contributed by atoms with van der Waals surface area (Å²) in [6, 6.07) is 4.43. The molecule has 0 amide bonds. The normalized spacial score (nSPS) is 27.9. The molecule has 2 aliphatic rings. The number of nitrogens with zero attached hydrogens (tertiary/aromatic N) is 1. The van der Waals surface area contributed by atoms with Gasteiger partial charge in [0, 0.05) is 17.6 Å². The average molecular weight is 266 g/mol. The first kappa shape index (κ1) is 13.0. The molecular weight excluding hydrogens is 246 g/mol. The minimum Gasteiger partial charge on any atom is -0.319 e. The van der Waals surface area contributed by atoms with Crippen LogP contribution in [-0.2, 0) is 0 Å². The fourth-order valence-electron chi connectivity index (χ4n) is 3.35. The summed E-state index contributed by atoms with van der Waals surface area (Å²) in [5.74, 6) is -0.260. The van der Waals surface area contributed by atoms with E-state index in [1.807, 2.05) is 7.05 Å². The predicted molar refractivity (Wildman–Crippen MR) is 70.9 cm³/mol. The highest BCUT2D eigenvalue weighted by atomic mass is 19.1. The molecule has 4 heteroatoms. The molecule has 1 saturated heterocycles. The fourth-order valence-corrected chi connectivity index (χ4v) is 3.35. The van der Waals surface area contributed by atoms with Crippen LogP contribution in [0.4, 0.5) is 8.78 Å². The van der Waals surface area contributed by atoms with Crippen molar-refractivity contribution in [3.8, 4) is 0 Å². The zero-order valence-electron chi connectivity index (χ0n) is 11.2. The lowest BCUT2D eigenvalue weighted by molar-refractivity contribution is 0.212. The van der Waals surface area contributed by atoms with Crippen molar-refractivity contribution in [2.75, 3.05) is 20.1 Å². The van der Waals surface area contributed by atoms with Crippen LogP contribution >= 0.6 is 0 Å². The molecular formula is C15H20F2N2. The van der Waals surface area contributed by atoms with E-state index in [4.69, 9.17) is 0 Å². The summed E-state index contributed by atoms with van der Waals surface area (Å²) in [5.41, 5.74) is 0.532. The maximum absolute atomic E-state index is 14.1. The van der Waals surface area contributed by atoms with E-state index in [1.165, 1.54) is 31.0 Å². The highest BCUT2D eigenvalue weighted by Crippen LogP contribution is 2.44. The number of halogens is 2. The monoisotopic (exact) mass is 266 g/mol. The van der Waals surface area contributed by atoms with Gasteiger partial charge in [-0.2, -0.15) is 0 Å². The Morgan fingerprint density at radius 3 is 2.74 bits per heavy atom. The van der Waals surface area contributed by atoms with Crippen LogP contribution in [0.1, 0.15) is 30.9 Å². The molecule has 2 atom stereocenters. The average Bonchev–Trinajstić information content (AvgIpc) is 3.15. The molecule has 1 aromatic carbocycles. The first-order valence-corrected chi connectivity index (χ1v) is 7.06. The second kappa shape index (κ2) is 5.17. The molecule has 1 aromatic rings. The number of benzene rings is 1. The van der Waals surface area contributed by atoms with Crippen LogP contribution < -0.4 is 5.32 Å². The molecule has 2 unspecified atom stereocenters. The minimum atomic E-state index is -0.345. The second-order valence-electron chi connectivity index (χ2n) is 5.69. The third-order valence-corrected chi connectivity index (χ3v) is 4.32. The van der Waals surface area contributed by atoms with Gasteiger partial charge in [-0.15, -0.1) is 0 Å². The zero-order chi connectivity index (χ0) is 13.4. The molecule has 1 N–H and O–H groups in total. The smallest absolute Gasteiger partial charge is 0.128 e. The SMILES string of the molecule is CNCC1CCN(C2CC2)C1c1cc(F)ccc1F. The summed E-state index contributed by atoms with van der Waals surface area (Å²) in [6.45, 7) is 1.85. The molecule has 1 saturated carbocycles. The van der Waals surface area contributed by atoms with E-state index in [2.05, 4.69) is 10.2 Å².